The maximum Gasteiger partial charge on any atom is 0.176 e. The molecule has 86 valence electrons. The van der Waals surface area contributed by atoms with E-state index in [9.17, 15) is 0 Å². The van der Waals surface area contributed by atoms with Crippen molar-refractivity contribution < 1.29 is 0 Å². The molecule has 1 unspecified atom stereocenters. The lowest BCUT2D eigenvalue weighted by Crippen LogP contribution is -2.31. The van der Waals surface area contributed by atoms with Crippen molar-refractivity contribution in [1.29, 1.82) is 0 Å². The topological polar surface area (TPSA) is 58.9 Å². The van der Waals surface area contributed by atoms with Gasteiger partial charge in [-0.1, -0.05) is 0 Å². The Morgan fingerprint density at radius 1 is 1.47 bits per heavy atom. The third-order valence-electron chi connectivity index (χ3n) is 2.31. The van der Waals surface area contributed by atoms with Gasteiger partial charge in [0.05, 0.1) is 7.05 Å². The molecule has 1 aromatic rings. The van der Waals surface area contributed by atoms with Gasteiger partial charge in [-0.15, -0.1) is 10.2 Å². The lowest BCUT2D eigenvalue weighted by atomic mass is 10.1. The van der Waals surface area contributed by atoms with Crippen LogP contribution in [0.2, 0.25) is 0 Å². The standard InChI is InChI=1S/C9H20N6/c1-10-8(5-6-14(2)3)7-9-11-13-15(4)12-9/h8,10H,5-7H2,1-4H3. The molecule has 0 aliphatic rings. The zero-order valence-corrected chi connectivity index (χ0v) is 9.93. The number of hydrogen-bond donors (Lipinski definition) is 1. The van der Waals surface area contributed by atoms with Crippen LogP contribution in [0.1, 0.15) is 12.2 Å². The van der Waals surface area contributed by atoms with Crippen LogP contribution < -0.4 is 5.32 Å². The highest BCUT2D eigenvalue weighted by Gasteiger charge is 2.10. The molecule has 0 fully saturated rings. The second kappa shape index (κ2) is 5.77. The van der Waals surface area contributed by atoms with E-state index in [2.05, 4.69) is 39.7 Å². The van der Waals surface area contributed by atoms with E-state index in [0.717, 1.165) is 25.2 Å². The summed E-state index contributed by atoms with van der Waals surface area (Å²) in [5, 5.41) is 15.2. The summed E-state index contributed by atoms with van der Waals surface area (Å²) in [6, 6.07) is 0.414. The molecule has 1 N–H and O–H groups in total. The third kappa shape index (κ3) is 4.35. The Labute approximate surface area is 90.6 Å². The number of tetrazole rings is 1. The van der Waals surface area contributed by atoms with Crippen LogP contribution in [0, 0.1) is 0 Å². The fraction of sp³-hybridized carbons (Fsp3) is 0.889. The fourth-order valence-corrected chi connectivity index (χ4v) is 1.39. The molecule has 0 bridgehead atoms. The highest BCUT2D eigenvalue weighted by Crippen LogP contribution is 1.99. The number of rotatable bonds is 6. The SMILES string of the molecule is CNC(CCN(C)C)Cc1nnn(C)n1. The average Bonchev–Trinajstić information content (AvgIpc) is 2.58. The van der Waals surface area contributed by atoms with Crippen LogP contribution in [-0.2, 0) is 13.5 Å². The minimum Gasteiger partial charge on any atom is -0.316 e. The first kappa shape index (κ1) is 12.1. The predicted octanol–water partition coefficient (Wildman–Crippen LogP) is -0.708. The summed E-state index contributed by atoms with van der Waals surface area (Å²) in [5.74, 6) is 0.801. The quantitative estimate of drug-likeness (QED) is 0.675. The van der Waals surface area contributed by atoms with Crippen LogP contribution in [0.3, 0.4) is 0 Å². The van der Waals surface area contributed by atoms with E-state index >= 15 is 0 Å². The first-order chi connectivity index (χ1) is 7.11. The molecule has 1 aromatic heterocycles. The van der Waals surface area contributed by atoms with Crippen LogP contribution in [-0.4, -0.2) is 58.8 Å². The Hall–Kier alpha value is -1.01. The zero-order valence-electron chi connectivity index (χ0n) is 9.93. The van der Waals surface area contributed by atoms with Crippen molar-refractivity contribution in [3.8, 4) is 0 Å². The Balaban J connectivity index is 2.39. The Morgan fingerprint density at radius 3 is 2.67 bits per heavy atom. The minimum atomic E-state index is 0.414. The van der Waals surface area contributed by atoms with E-state index in [1.165, 1.54) is 4.80 Å². The van der Waals surface area contributed by atoms with Crippen molar-refractivity contribution in [1.82, 2.24) is 30.4 Å². The molecular formula is C9H20N6. The summed E-state index contributed by atoms with van der Waals surface area (Å²) in [7, 11) is 7.90. The maximum atomic E-state index is 4.17. The number of aromatic nitrogens is 4. The first-order valence-corrected chi connectivity index (χ1v) is 5.16. The summed E-state index contributed by atoms with van der Waals surface area (Å²) in [6.07, 6.45) is 1.92. The Morgan fingerprint density at radius 2 is 2.20 bits per heavy atom. The van der Waals surface area contributed by atoms with Crippen molar-refractivity contribution >= 4 is 0 Å². The van der Waals surface area contributed by atoms with Crippen LogP contribution in [0.4, 0.5) is 0 Å². The molecule has 0 saturated heterocycles. The number of nitrogens with one attached hydrogen (secondary N) is 1. The normalized spacial score (nSPS) is 13.4. The van der Waals surface area contributed by atoms with Gasteiger partial charge in [0, 0.05) is 12.5 Å². The van der Waals surface area contributed by atoms with Crippen LogP contribution in [0.15, 0.2) is 0 Å². The monoisotopic (exact) mass is 212 g/mol. The lowest BCUT2D eigenvalue weighted by Gasteiger charge is -2.16. The van der Waals surface area contributed by atoms with Gasteiger partial charge in [0.15, 0.2) is 5.82 Å². The van der Waals surface area contributed by atoms with Crippen molar-refractivity contribution in [3.63, 3.8) is 0 Å². The van der Waals surface area contributed by atoms with Crippen molar-refractivity contribution in [3.05, 3.63) is 5.82 Å². The maximum absolute atomic E-state index is 4.17. The third-order valence-corrected chi connectivity index (χ3v) is 2.31. The van der Waals surface area contributed by atoms with Gasteiger partial charge in [-0.25, -0.2) is 0 Å². The van der Waals surface area contributed by atoms with Crippen molar-refractivity contribution in [2.75, 3.05) is 27.7 Å². The summed E-state index contributed by atoms with van der Waals surface area (Å²) in [6.45, 7) is 1.06. The van der Waals surface area contributed by atoms with Gasteiger partial charge in [-0.05, 0) is 39.3 Å². The second-order valence-electron chi connectivity index (χ2n) is 3.98. The highest BCUT2D eigenvalue weighted by molar-refractivity contribution is 4.84. The number of aryl methyl sites for hydroxylation is 1. The van der Waals surface area contributed by atoms with E-state index in [-0.39, 0.29) is 0 Å². The van der Waals surface area contributed by atoms with Gasteiger partial charge in [0.1, 0.15) is 0 Å². The summed E-state index contributed by atoms with van der Waals surface area (Å²) in [4.78, 5) is 3.67. The number of hydrogen-bond acceptors (Lipinski definition) is 5. The molecule has 0 aromatic carbocycles. The molecule has 0 saturated carbocycles. The number of nitrogens with zero attached hydrogens (tertiary/aromatic N) is 5. The van der Waals surface area contributed by atoms with Gasteiger partial charge in [0.2, 0.25) is 0 Å². The van der Waals surface area contributed by atoms with Crippen molar-refractivity contribution in [2.24, 2.45) is 7.05 Å². The molecule has 0 amide bonds. The molecule has 1 heterocycles. The molecule has 0 spiro atoms. The Bertz CT molecular complexity index is 282. The van der Waals surface area contributed by atoms with Gasteiger partial charge < -0.3 is 10.2 Å². The average molecular weight is 212 g/mol. The molecule has 1 atom stereocenters. The fourth-order valence-electron chi connectivity index (χ4n) is 1.39. The molecule has 6 heteroatoms. The largest absolute Gasteiger partial charge is 0.316 e. The van der Waals surface area contributed by atoms with E-state index in [4.69, 9.17) is 0 Å². The molecular weight excluding hydrogens is 192 g/mol. The summed E-state index contributed by atoms with van der Waals surface area (Å²) >= 11 is 0. The van der Waals surface area contributed by atoms with E-state index in [1.54, 1.807) is 7.05 Å². The van der Waals surface area contributed by atoms with Gasteiger partial charge in [-0.3, -0.25) is 0 Å². The Kier molecular flexibility index (Phi) is 4.64. The molecule has 0 radical (unpaired) electrons. The lowest BCUT2D eigenvalue weighted by molar-refractivity contribution is 0.362. The van der Waals surface area contributed by atoms with Crippen LogP contribution in [0.25, 0.3) is 0 Å². The smallest absolute Gasteiger partial charge is 0.176 e. The van der Waals surface area contributed by atoms with E-state index < -0.39 is 0 Å². The summed E-state index contributed by atoms with van der Waals surface area (Å²) < 4.78 is 0. The van der Waals surface area contributed by atoms with Gasteiger partial charge in [-0.2, -0.15) is 4.80 Å². The molecule has 0 aliphatic heterocycles. The van der Waals surface area contributed by atoms with Crippen molar-refractivity contribution in [2.45, 2.75) is 18.9 Å². The first-order valence-electron chi connectivity index (χ1n) is 5.16. The zero-order chi connectivity index (χ0) is 11.3. The van der Waals surface area contributed by atoms with Crippen LogP contribution in [0.5, 0.6) is 0 Å². The van der Waals surface area contributed by atoms with Crippen LogP contribution >= 0.6 is 0 Å². The highest BCUT2D eigenvalue weighted by atomic mass is 15.6. The molecule has 1 rings (SSSR count). The van der Waals surface area contributed by atoms with Gasteiger partial charge in [0.25, 0.3) is 0 Å². The second-order valence-corrected chi connectivity index (χ2v) is 3.98. The molecule has 15 heavy (non-hydrogen) atoms. The minimum absolute atomic E-state index is 0.414. The van der Waals surface area contributed by atoms with E-state index in [1.807, 2.05) is 7.05 Å². The number of likely N-dealkylation sites (N-methyl/N-ethyl adjacent to an activating group) is 1. The molecule has 0 aliphatic carbocycles. The molecule has 6 nitrogen and oxygen atoms in total. The summed E-state index contributed by atoms with van der Waals surface area (Å²) in [5.41, 5.74) is 0. The predicted molar refractivity (Wildman–Crippen MR) is 58.5 cm³/mol. The van der Waals surface area contributed by atoms with E-state index in [0.29, 0.717) is 6.04 Å². The van der Waals surface area contributed by atoms with Gasteiger partial charge >= 0.3 is 0 Å².